The van der Waals surface area contributed by atoms with Gasteiger partial charge in [-0.25, -0.2) is 9.48 Å². The molecule has 0 aliphatic carbocycles. The second kappa shape index (κ2) is 5.09. The molecule has 0 aliphatic heterocycles. The number of carboxylic acids is 1. The van der Waals surface area contributed by atoms with Crippen LogP contribution < -0.4 is 0 Å². The Labute approximate surface area is 119 Å². The summed E-state index contributed by atoms with van der Waals surface area (Å²) in [5.74, 6) is -0.784. The molecule has 0 fully saturated rings. The van der Waals surface area contributed by atoms with Crippen LogP contribution >= 0.6 is 22.6 Å². The monoisotopic (exact) mass is 356 g/mol. The lowest BCUT2D eigenvalue weighted by Gasteiger charge is -2.10. The zero-order valence-electron chi connectivity index (χ0n) is 10.1. The molecule has 0 amide bonds. The van der Waals surface area contributed by atoms with Crippen LogP contribution in [0.5, 0.6) is 0 Å². The van der Waals surface area contributed by atoms with E-state index < -0.39 is 5.97 Å². The number of carbonyl (C=O) groups is 1. The number of aromatic nitrogens is 2. The third-order valence-electron chi connectivity index (χ3n) is 2.61. The summed E-state index contributed by atoms with van der Waals surface area (Å²) in [4.78, 5) is 11.2. The van der Waals surface area contributed by atoms with Gasteiger partial charge in [0.1, 0.15) is 0 Å². The predicted octanol–water partition coefficient (Wildman–Crippen LogP) is 3.30. The van der Waals surface area contributed by atoms with Gasteiger partial charge in [0.25, 0.3) is 0 Å². The molecule has 94 valence electrons. The minimum absolute atomic E-state index is 0.114. The van der Waals surface area contributed by atoms with E-state index in [1.165, 1.54) is 0 Å². The molecule has 0 unspecified atom stereocenters. The maximum Gasteiger partial charge on any atom is 0.357 e. The van der Waals surface area contributed by atoms with Crippen molar-refractivity contribution in [1.82, 2.24) is 9.78 Å². The first-order valence-corrected chi connectivity index (χ1v) is 6.67. The standard InChI is InChI=1S/C13H13IN2O2/c1-8(2)12-10(14)11(13(17)18)15-16(12)9-6-4-3-5-7-9/h3-8H,1-2H3,(H,17,18). The SMILES string of the molecule is CC(C)c1c(I)c(C(=O)O)nn1-c1ccccc1. The fourth-order valence-corrected chi connectivity index (χ4v) is 3.00. The minimum Gasteiger partial charge on any atom is -0.476 e. The Kier molecular flexibility index (Phi) is 3.70. The highest BCUT2D eigenvalue weighted by Gasteiger charge is 2.23. The molecule has 1 N–H and O–H groups in total. The molecule has 18 heavy (non-hydrogen) atoms. The highest BCUT2D eigenvalue weighted by atomic mass is 127. The number of hydrogen-bond acceptors (Lipinski definition) is 2. The van der Waals surface area contributed by atoms with Gasteiger partial charge < -0.3 is 5.11 Å². The summed E-state index contributed by atoms with van der Waals surface area (Å²) >= 11 is 2.05. The number of para-hydroxylation sites is 1. The number of benzene rings is 1. The number of aromatic carboxylic acids is 1. The maximum absolute atomic E-state index is 11.2. The van der Waals surface area contributed by atoms with E-state index in [9.17, 15) is 4.79 Å². The molecule has 0 saturated carbocycles. The smallest absolute Gasteiger partial charge is 0.357 e. The van der Waals surface area contributed by atoms with Gasteiger partial charge >= 0.3 is 5.97 Å². The summed E-state index contributed by atoms with van der Waals surface area (Å²) in [5.41, 5.74) is 1.92. The molecule has 1 aromatic heterocycles. The first-order chi connectivity index (χ1) is 8.52. The van der Waals surface area contributed by atoms with Crippen LogP contribution in [0.15, 0.2) is 30.3 Å². The third kappa shape index (κ3) is 2.27. The summed E-state index contributed by atoms with van der Waals surface area (Å²) < 4.78 is 2.43. The Bertz CT molecular complexity index is 576. The van der Waals surface area contributed by atoms with Crippen molar-refractivity contribution in [3.63, 3.8) is 0 Å². The lowest BCUT2D eigenvalue weighted by molar-refractivity contribution is 0.0689. The van der Waals surface area contributed by atoms with Gasteiger partial charge in [-0.1, -0.05) is 32.0 Å². The summed E-state index contributed by atoms with van der Waals surface area (Å²) in [6.45, 7) is 4.06. The highest BCUT2D eigenvalue weighted by Crippen LogP contribution is 2.27. The van der Waals surface area contributed by atoms with Crippen LogP contribution in [0, 0.1) is 3.57 Å². The number of hydrogen-bond donors (Lipinski definition) is 1. The number of halogens is 1. The number of rotatable bonds is 3. The predicted molar refractivity (Wildman–Crippen MR) is 77.3 cm³/mol. The first-order valence-electron chi connectivity index (χ1n) is 5.59. The average Bonchev–Trinajstić information content (AvgIpc) is 2.68. The molecule has 0 radical (unpaired) electrons. The molecule has 0 atom stereocenters. The third-order valence-corrected chi connectivity index (χ3v) is 3.67. The lowest BCUT2D eigenvalue weighted by atomic mass is 10.1. The van der Waals surface area contributed by atoms with Crippen molar-refractivity contribution in [2.75, 3.05) is 0 Å². The van der Waals surface area contributed by atoms with E-state index in [-0.39, 0.29) is 11.6 Å². The molecule has 4 nitrogen and oxygen atoms in total. The Morgan fingerprint density at radius 2 is 1.94 bits per heavy atom. The first kappa shape index (κ1) is 13.1. The van der Waals surface area contributed by atoms with Crippen molar-refractivity contribution >= 4 is 28.6 Å². The van der Waals surface area contributed by atoms with Crippen molar-refractivity contribution in [2.24, 2.45) is 0 Å². The van der Waals surface area contributed by atoms with Crippen molar-refractivity contribution in [2.45, 2.75) is 19.8 Å². The topological polar surface area (TPSA) is 55.1 Å². The maximum atomic E-state index is 11.2. The fraction of sp³-hybridized carbons (Fsp3) is 0.231. The van der Waals surface area contributed by atoms with Crippen LogP contribution in [0.4, 0.5) is 0 Å². The zero-order valence-corrected chi connectivity index (χ0v) is 12.2. The van der Waals surface area contributed by atoms with Gasteiger partial charge in [0.05, 0.1) is 15.0 Å². The minimum atomic E-state index is -0.990. The average molecular weight is 356 g/mol. The molecule has 0 spiro atoms. The van der Waals surface area contributed by atoms with Gasteiger partial charge in [0.2, 0.25) is 0 Å². The summed E-state index contributed by atoms with van der Waals surface area (Å²) in [6.07, 6.45) is 0. The van der Waals surface area contributed by atoms with E-state index in [4.69, 9.17) is 5.11 Å². The second-order valence-corrected chi connectivity index (χ2v) is 5.33. The van der Waals surface area contributed by atoms with Gasteiger partial charge in [-0.05, 0) is 40.6 Å². The van der Waals surface area contributed by atoms with Crippen LogP contribution in [0.25, 0.3) is 5.69 Å². The van der Waals surface area contributed by atoms with Crippen LogP contribution in [-0.4, -0.2) is 20.9 Å². The summed E-state index contributed by atoms with van der Waals surface area (Å²) in [5, 5.41) is 13.4. The van der Waals surface area contributed by atoms with Crippen molar-refractivity contribution in [3.8, 4) is 5.69 Å². The molecular formula is C13H13IN2O2. The Balaban J connectivity index is 2.67. The van der Waals surface area contributed by atoms with Gasteiger partial charge in [-0.15, -0.1) is 0 Å². The molecule has 1 aromatic carbocycles. The van der Waals surface area contributed by atoms with Gasteiger partial charge in [-0.3, -0.25) is 0 Å². The Morgan fingerprint density at radius 1 is 1.33 bits per heavy atom. The van der Waals surface area contributed by atoms with Gasteiger partial charge in [0, 0.05) is 0 Å². The molecular weight excluding hydrogens is 343 g/mol. The normalized spacial score (nSPS) is 10.9. The fourth-order valence-electron chi connectivity index (χ4n) is 1.81. The van der Waals surface area contributed by atoms with E-state index in [0.29, 0.717) is 3.57 Å². The molecule has 0 aliphatic rings. The van der Waals surface area contributed by atoms with Crippen molar-refractivity contribution in [1.29, 1.82) is 0 Å². The van der Waals surface area contributed by atoms with E-state index >= 15 is 0 Å². The molecule has 0 saturated heterocycles. The molecule has 5 heteroatoms. The largest absolute Gasteiger partial charge is 0.476 e. The van der Waals surface area contributed by atoms with E-state index in [2.05, 4.69) is 27.7 Å². The molecule has 2 aromatic rings. The van der Waals surface area contributed by atoms with E-state index in [1.807, 2.05) is 44.2 Å². The number of carboxylic acid groups (broad SMARTS) is 1. The van der Waals surface area contributed by atoms with Crippen LogP contribution in [0.1, 0.15) is 35.9 Å². The summed E-state index contributed by atoms with van der Waals surface area (Å²) in [7, 11) is 0. The van der Waals surface area contributed by atoms with Gasteiger partial charge in [-0.2, -0.15) is 5.10 Å². The van der Waals surface area contributed by atoms with Gasteiger partial charge in [0.15, 0.2) is 5.69 Å². The van der Waals surface area contributed by atoms with Crippen molar-refractivity contribution in [3.05, 3.63) is 45.3 Å². The Morgan fingerprint density at radius 3 is 2.44 bits per heavy atom. The van der Waals surface area contributed by atoms with E-state index in [0.717, 1.165) is 11.4 Å². The lowest BCUT2D eigenvalue weighted by Crippen LogP contribution is -2.04. The Hall–Kier alpha value is -1.37. The molecule has 1 heterocycles. The molecule has 2 rings (SSSR count). The van der Waals surface area contributed by atoms with Crippen LogP contribution in [0.3, 0.4) is 0 Å². The van der Waals surface area contributed by atoms with Crippen LogP contribution in [0.2, 0.25) is 0 Å². The van der Waals surface area contributed by atoms with Crippen molar-refractivity contribution < 1.29 is 9.90 Å². The van der Waals surface area contributed by atoms with E-state index in [1.54, 1.807) is 4.68 Å². The second-order valence-electron chi connectivity index (χ2n) is 4.26. The number of nitrogens with zero attached hydrogens (tertiary/aromatic N) is 2. The zero-order chi connectivity index (χ0) is 13.3. The van der Waals surface area contributed by atoms with Crippen LogP contribution in [-0.2, 0) is 0 Å². The molecule has 0 bridgehead atoms. The quantitative estimate of drug-likeness (QED) is 0.859. The highest BCUT2D eigenvalue weighted by molar-refractivity contribution is 14.1. The summed E-state index contributed by atoms with van der Waals surface area (Å²) in [6, 6.07) is 9.58.